The number of hydrazone groups is 1. The van der Waals surface area contributed by atoms with Crippen molar-refractivity contribution >= 4 is 63.3 Å². The van der Waals surface area contributed by atoms with Crippen molar-refractivity contribution in [2.75, 3.05) is 27.4 Å². The Morgan fingerprint density at radius 3 is 2.51 bits per heavy atom. The van der Waals surface area contributed by atoms with Gasteiger partial charge < -0.3 is 34.3 Å². The molecular formula is C32H31BrCl2N4O8. The number of hydrogen-bond donors (Lipinski definition) is 3. The molecule has 3 N–H and O–H groups in total. The van der Waals surface area contributed by atoms with Gasteiger partial charge in [0.25, 0.3) is 5.91 Å². The number of halogens is 3. The highest BCUT2D eigenvalue weighted by atomic mass is 79.9. The van der Waals surface area contributed by atoms with Crippen LogP contribution in [0, 0.1) is 0 Å². The molecular weight excluding hydrogens is 719 g/mol. The van der Waals surface area contributed by atoms with E-state index < -0.39 is 23.9 Å². The molecule has 47 heavy (non-hydrogen) atoms. The van der Waals surface area contributed by atoms with E-state index in [0.717, 1.165) is 5.56 Å². The predicted octanol–water partition coefficient (Wildman–Crippen LogP) is 6.07. The van der Waals surface area contributed by atoms with Gasteiger partial charge in [0.15, 0.2) is 29.6 Å². The van der Waals surface area contributed by atoms with Crippen LogP contribution in [0.25, 0.3) is 0 Å². The molecule has 0 saturated heterocycles. The number of methoxy groups -OCH3 is 2. The zero-order valence-electron chi connectivity index (χ0n) is 25.7. The van der Waals surface area contributed by atoms with Crippen LogP contribution in [0.2, 0.25) is 10.0 Å². The van der Waals surface area contributed by atoms with Gasteiger partial charge >= 0.3 is 12.0 Å². The van der Waals surface area contributed by atoms with Crippen molar-refractivity contribution < 1.29 is 38.1 Å². The van der Waals surface area contributed by atoms with Crippen molar-refractivity contribution in [1.82, 2.24) is 16.1 Å². The van der Waals surface area contributed by atoms with Crippen molar-refractivity contribution in [3.05, 3.63) is 91.0 Å². The first-order chi connectivity index (χ1) is 22.5. The van der Waals surface area contributed by atoms with Crippen LogP contribution < -0.4 is 35.0 Å². The fourth-order valence-electron chi connectivity index (χ4n) is 4.52. The summed E-state index contributed by atoms with van der Waals surface area (Å²) < 4.78 is 28.4. The molecule has 0 radical (unpaired) electrons. The molecule has 0 fully saturated rings. The molecule has 4 rings (SSSR count). The van der Waals surface area contributed by atoms with Crippen molar-refractivity contribution in [3.8, 4) is 23.0 Å². The fourth-order valence-corrected chi connectivity index (χ4v) is 5.55. The summed E-state index contributed by atoms with van der Waals surface area (Å²) >= 11 is 15.8. The second-order valence-electron chi connectivity index (χ2n) is 9.84. The number of urea groups is 1. The summed E-state index contributed by atoms with van der Waals surface area (Å²) in [5.41, 5.74) is 4.95. The number of ether oxygens (including phenoxy) is 5. The first kappa shape index (κ1) is 35.4. The van der Waals surface area contributed by atoms with Crippen LogP contribution in [0.4, 0.5) is 4.79 Å². The maximum absolute atomic E-state index is 12.5. The van der Waals surface area contributed by atoms with Crippen molar-refractivity contribution in [1.29, 1.82) is 0 Å². The summed E-state index contributed by atoms with van der Waals surface area (Å²) in [6.07, 6.45) is 1.45. The van der Waals surface area contributed by atoms with E-state index in [2.05, 4.69) is 37.1 Å². The average molecular weight is 750 g/mol. The second kappa shape index (κ2) is 16.4. The third-order valence-corrected chi connectivity index (χ3v) is 7.85. The molecule has 0 aliphatic carbocycles. The molecule has 0 aromatic heterocycles. The van der Waals surface area contributed by atoms with Gasteiger partial charge in [0.2, 0.25) is 0 Å². The Morgan fingerprint density at radius 1 is 1.02 bits per heavy atom. The van der Waals surface area contributed by atoms with E-state index in [4.69, 9.17) is 46.9 Å². The summed E-state index contributed by atoms with van der Waals surface area (Å²) in [4.78, 5) is 37.1. The van der Waals surface area contributed by atoms with E-state index in [1.165, 1.54) is 20.4 Å². The lowest BCUT2D eigenvalue weighted by Gasteiger charge is -2.28. The number of esters is 1. The van der Waals surface area contributed by atoms with Gasteiger partial charge in [-0.1, -0.05) is 35.3 Å². The van der Waals surface area contributed by atoms with Gasteiger partial charge in [-0.15, -0.1) is 0 Å². The minimum Gasteiger partial charge on any atom is -0.493 e. The van der Waals surface area contributed by atoms with E-state index >= 15 is 0 Å². The van der Waals surface area contributed by atoms with E-state index in [1.807, 2.05) is 6.92 Å². The first-order valence-corrected chi connectivity index (χ1v) is 15.6. The molecule has 0 saturated carbocycles. The summed E-state index contributed by atoms with van der Waals surface area (Å²) in [6.45, 7) is 3.65. The number of rotatable bonds is 13. The maximum Gasteiger partial charge on any atom is 0.337 e. The van der Waals surface area contributed by atoms with Crippen LogP contribution in [-0.4, -0.2) is 51.6 Å². The van der Waals surface area contributed by atoms with E-state index in [1.54, 1.807) is 55.5 Å². The molecule has 1 aliphatic rings. The molecule has 12 nitrogen and oxygen atoms in total. The van der Waals surface area contributed by atoms with E-state index in [9.17, 15) is 14.4 Å². The Bertz CT molecular complexity index is 1730. The molecule has 0 bridgehead atoms. The Morgan fingerprint density at radius 2 is 1.81 bits per heavy atom. The standard InChI is InChI=1S/C32H31BrCl2N4O8/c1-5-45-26-11-18(10-22(33)30(26)47-15-20-6-8-21(34)13-23(20)35)14-36-39-27(40)16-46-24-9-7-19(12-25(24)43-3)29-28(31(41)44-4)17(2)37-32(42)38-29/h6-14,29H,5,15-16H2,1-4H3,(H,39,40)(H2,37,38,42)/b36-14-/t29-/m0/s1. The van der Waals surface area contributed by atoms with Gasteiger partial charge in [-0.3, -0.25) is 4.79 Å². The summed E-state index contributed by atoms with van der Waals surface area (Å²) in [6, 6.07) is 12.2. The number of nitrogens with one attached hydrogen (secondary N) is 3. The van der Waals surface area contributed by atoms with Crippen LogP contribution in [0.5, 0.6) is 23.0 Å². The van der Waals surface area contributed by atoms with Crippen LogP contribution >= 0.6 is 39.1 Å². The van der Waals surface area contributed by atoms with Crippen LogP contribution in [0.15, 0.2) is 69.4 Å². The molecule has 3 amide bonds. The van der Waals surface area contributed by atoms with Crippen LogP contribution in [-0.2, 0) is 20.9 Å². The van der Waals surface area contributed by atoms with Crippen LogP contribution in [0.3, 0.4) is 0 Å². The maximum atomic E-state index is 12.5. The van der Waals surface area contributed by atoms with E-state index in [-0.39, 0.29) is 30.3 Å². The van der Waals surface area contributed by atoms with Gasteiger partial charge in [-0.05, 0) is 77.3 Å². The number of benzene rings is 3. The lowest BCUT2D eigenvalue weighted by atomic mass is 9.95. The number of nitrogens with zero attached hydrogens (tertiary/aromatic N) is 1. The van der Waals surface area contributed by atoms with Crippen molar-refractivity contribution in [2.45, 2.75) is 26.5 Å². The monoisotopic (exact) mass is 748 g/mol. The summed E-state index contributed by atoms with van der Waals surface area (Å²) in [7, 11) is 2.68. The Hall–Kier alpha value is -4.46. The Kier molecular flexibility index (Phi) is 12.3. The molecule has 248 valence electrons. The quantitative estimate of drug-likeness (QED) is 0.109. The molecule has 1 heterocycles. The zero-order chi connectivity index (χ0) is 34.1. The fraction of sp³-hybridized carbons (Fsp3) is 0.250. The number of amides is 3. The number of allylic oxidation sites excluding steroid dienone is 1. The molecule has 1 atom stereocenters. The highest BCUT2D eigenvalue weighted by molar-refractivity contribution is 9.10. The van der Waals surface area contributed by atoms with Gasteiger partial charge in [-0.2, -0.15) is 5.10 Å². The number of hydrogen-bond acceptors (Lipinski definition) is 9. The molecule has 0 unspecified atom stereocenters. The number of carbonyl (C=O) groups is 3. The summed E-state index contributed by atoms with van der Waals surface area (Å²) in [5, 5.41) is 10.3. The minimum absolute atomic E-state index is 0.186. The second-order valence-corrected chi connectivity index (χ2v) is 11.5. The highest BCUT2D eigenvalue weighted by Gasteiger charge is 2.32. The van der Waals surface area contributed by atoms with Crippen molar-refractivity contribution in [2.24, 2.45) is 5.10 Å². The normalized spacial score (nSPS) is 14.3. The molecule has 3 aromatic carbocycles. The van der Waals surface area contributed by atoms with Gasteiger partial charge in [-0.25, -0.2) is 15.0 Å². The third-order valence-electron chi connectivity index (χ3n) is 6.68. The lowest BCUT2D eigenvalue weighted by Crippen LogP contribution is -2.45. The van der Waals surface area contributed by atoms with Gasteiger partial charge in [0.1, 0.15) is 6.61 Å². The smallest absolute Gasteiger partial charge is 0.337 e. The summed E-state index contributed by atoms with van der Waals surface area (Å²) in [5.74, 6) is 0.351. The molecule has 3 aromatic rings. The van der Waals surface area contributed by atoms with Gasteiger partial charge in [0.05, 0.1) is 43.1 Å². The van der Waals surface area contributed by atoms with Crippen LogP contribution in [0.1, 0.15) is 36.6 Å². The largest absolute Gasteiger partial charge is 0.493 e. The first-order valence-electron chi connectivity index (χ1n) is 14.1. The topological polar surface area (TPSA) is 146 Å². The highest BCUT2D eigenvalue weighted by Crippen LogP contribution is 2.38. The molecule has 1 aliphatic heterocycles. The third kappa shape index (κ3) is 9.09. The molecule has 0 spiro atoms. The predicted molar refractivity (Wildman–Crippen MR) is 179 cm³/mol. The Labute approximate surface area is 289 Å². The van der Waals surface area contributed by atoms with Gasteiger partial charge in [0, 0.05) is 21.3 Å². The molecule has 15 heteroatoms. The minimum atomic E-state index is -0.789. The number of carbonyl (C=O) groups excluding carboxylic acids is 3. The van der Waals surface area contributed by atoms with Crippen molar-refractivity contribution in [3.63, 3.8) is 0 Å². The zero-order valence-corrected chi connectivity index (χ0v) is 28.8. The van der Waals surface area contributed by atoms with E-state index in [0.29, 0.717) is 49.4 Å². The average Bonchev–Trinajstić information content (AvgIpc) is 3.03. The SMILES string of the molecule is CCOc1cc(/C=N\NC(=O)COc2ccc([C@@H]3NC(=O)NC(C)=C3C(=O)OC)cc2OC)cc(Br)c1OCc1ccc(Cl)cc1Cl. The Balaban J connectivity index is 1.39. The lowest BCUT2D eigenvalue weighted by molar-refractivity contribution is -0.136.